The molecule has 0 radical (unpaired) electrons. The molecule has 0 spiro atoms. The maximum atomic E-state index is 12.5. The number of hydrogen-bond donors (Lipinski definition) is 0. The Kier molecular flexibility index (Phi) is 6.26. The monoisotopic (exact) mass is 311 g/mol. The molecule has 1 aliphatic heterocycles. The zero-order valence-electron chi connectivity index (χ0n) is 11.8. The van der Waals surface area contributed by atoms with Gasteiger partial charge in [-0.05, 0) is 19.3 Å². The third-order valence-electron chi connectivity index (χ3n) is 3.49. The molecular weight excluding hydrogens is 286 g/mol. The molecule has 0 amide bonds. The summed E-state index contributed by atoms with van der Waals surface area (Å²) in [5, 5.41) is -0.730. The molecule has 19 heavy (non-hydrogen) atoms. The van der Waals surface area contributed by atoms with Gasteiger partial charge in [0.25, 0.3) is 0 Å². The minimum atomic E-state index is -3.46. The van der Waals surface area contributed by atoms with E-state index < -0.39 is 25.1 Å². The highest BCUT2D eigenvalue weighted by atomic mass is 32.2. The standard InChI is InChI=1S/C12H25NO4S2/c1-3-5-8-13(9-6-4-2)19(16,17)12-7-10-18(14,15)11-12/h12H,3-11H2,1-2H3. The van der Waals surface area contributed by atoms with Crippen molar-refractivity contribution in [1.82, 2.24) is 4.31 Å². The van der Waals surface area contributed by atoms with Crippen LogP contribution in [0.2, 0.25) is 0 Å². The summed E-state index contributed by atoms with van der Waals surface area (Å²) in [7, 11) is -6.62. The highest BCUT2D eigenvalue weighted by Gasteiger charge is 2.39. The first-order valence-corrected chi connectivity index (χ1v) is 10.4. The average Bonchev–Trinajstić information content (AvgIpc) is 2.70. The predicted octanol–water partition coefficient (Wildman–Crippen LogP) is 1.41. The third kappa shape index (κ3) is 4.72. The van der Waals surface area contributed by atoms with Gasteiger partial charge < -0.3 is 0 Å². The number of sulfonamides is 1. The summed E-state index contributed by atoms with van der Waals surface area (Å²) in [5.74, 6) is -0.198. The van der Waals surface area contributed by atoms with Gasteiger partial charge in [-0.25, -0.2) is 21.1 Å². The van der Waals surface area contributed by atoms with Crippen molar-refractivity contribution in [3.8, 4) is 0 Å². The van der Waals surface area contributed by atoms with E-state index in [4.69, 9.17) is 0 Å². The molecule has 1 rings (SSSR count). The van der Waals surface area contributed by atoms with Crippen LogP contribution >= 0.6 is 0 Å². The van der Waals surface area contributed by atoms with Crippen molar-refractivity contribution in [3.63, 3.8) is 0 Å². The second kappa shape index (κ2) is 7.04. The molecule has 1 atom stereocenters. The van der Waals surface area contributed by atoms with Gasteiger partial charge in [0.1, 0.15) is 0 Å². The van der Waals surface area contributed by atoms with E-state index in [0.29, 0.717) is 13.1 Å². The molecule has 0 N–H and O–H groups in total. The Hall–Kier alpha value is -0.140. The summed E-state index contributed by atoms with van der Waals surface area (Å²) >= 11 is 0. The van der Waals surface area contributed by atoms with E-state index in [1.54, 1.807) is 0 Å². The van der Waals surface area contributed by atoms with Crippen molar-refractivity contribution in [1.29, 1.82) is 0 Å². The maximum absolute atomic E-state index is 12.5. The number of rotatable bonds is 8. The molecule has 0 aromatic heterocycles. The van der Waals surface area contributed by atoms with Gasteiger partial charge in [0.15, 0.2) is 9.84 Å². The van der Waals surface area contributed by atoms with Crippen LogP contribution in [0.25, 0.3) is 0 Å². The van der Waals surface area contributed by atoms with Crippen molar-refractivity contribution in [3.05, 3.63) is 0 Å². The van der Waals surface area contributed by atoms with Crippen molar-refractivity contribution >= 4 is 19.9 Å². The first-order valence-electron chi connectivity index (χ1n) is 7.03. The van der Waals surface area contributed by atoms with Crippen LogP contribution in [0.5, 0.6) is 0 Å². The van der Waals surface area contributed by atoms with Crippen LogP contribution in [-0.2, 0) is 19.9 Å². The van der Waals surface area contributed by atoms with Crippen LogP contribution in [0.3, 0.4) is 0 Å². The van der Waals surface area contributed by atoms with Crippen molar-refractivity contribution in [2.24, 2.45) is 0 Å². The summed E-state index contributed by atoms with van der Waals surface area (Å²) in [6.45, 7) is 5.06. The van der Waals surface area contributed by atoms with Crippen LogP contribution in [0.1, 0.15) is 46.0 Å². The SMILES string of the molecule is CCCCN(CCCC)S(=O)(=O)C1CCS(=O)(=O)C1. The third-order valence-corrected chi connectivity index (χ3v) is 7.80. The fourth-order valence-electron chi connectivity index (χ4n) is 2.24. The van der Waals surface area contributed by atoms with Gasteiger partial charge in [-0.15, -0.1) is 0 Å². The minimum Gasteiger partial charge on any atom is -0.229 e. The van der Waals surface area contributed by atoms with Gasteiger partial charge in [-0.2, -0.15) is 0 Å². The highest BCUT2D eigenvalue weighted by Crippen LogP contribution is 2.22. The molecule has 0 bridgehead atoms. The van der Waals surface area contributed by atoms with Crippen LogP contribution in [0.15, 0.2) is 0 Å². The van der Waals surface area contributed by atoms with Crippen LogP contribution in [-0.4, -0.2) is 51.0 Å². The molecule has 5 nitrogen and oxygen atoms in total. The predicted molar refractivity (Wildman–Crippen MR) is 77.4 cm³/mol. The Balaban J connectivity index is 2.80. The summed E-state index contributed by atoms with van der Waals surface area (Å²) in [4.78, 5) is 0. The molecular formula is C12H25NO4S2. The van der Waals surface area contributed by atoms with E-state index in [-0.39, 0.29) is 17.9 Å². The fourth-order valence-corrected chi connectivity index (χ4v) is 6.85. The zero-order chi connectivity index (χ0) is 14.5. The largest absolute Gasteiger partial charge is 0.229 e. The topological polar surface area (TPSA) is 71.5 Å². The normalized spacial score (nSPS) is 23.0. The Morgan fingerprint density at radius 1 is 1.11 bits per heavy atom. The number of sulfone groups is 1. The summed E-state index contributed by atoms with van der Waals surface area (Å²) < 4.78 is 49.4. The van der Waals surface area contributed by atoms with E-state index in [9.17, 15) is 16.8 Å². The van der Waals surface area contributed by atoms with Crippen LogP contribution < -0.4 is 0 Å². The second-order valence-electron chi connectivity index (χ2n) is 5.18. The Morgan fingerprint density at radius 3 is 2.00 bits per heavy atom. The molecule has 0 aromatic carbocycles. The lowest BCUT2D eigenvalue weighted by Gasteiger charge is -2.24. The molecule has 1 aliphatic rings. The van der Waals surface area contributed by atoms with Gasteiger partial charge in [-0.3, -0.25) is 0 Å². The summed E-state index contributed by atoms with van der Waals surface area (Å²) in [6, 6.07) is 0. The Morgan fingerprint density at radius 2 is 1.63 bits per heavy atom. The van der Waals surface area contributed by atoms with Gasteiger partial charge in [0, 0.05) is 13.1 Å². The maximum Gasteiger partial charge on any atom is 0.218 e. The molecule has 1 fully saturated rings. The van der Waals surface area contributed by atoms with E-state index in [2.05, 4.69) is 0 Å². The number of hydrogen-bond acceptors (Lipinski definition) is 4. The van der Waals surface area contributed by atoms with E-state index >= 15 is 0 Å². The Labute approximate surface area is 117 Å². The van der Waals surface area contributed by atoms with Crippen molar-refractivity contribution in [2.45, 2.75) is 51.2 Å². The number of nitrogens with zero attached hydrogens (tertiary/aromatic N) is 1. The number of unbranched alkanes of at least 4 members (excludes halogenated alkanes) is 2. The molecule has 0 aliphatic carbocycles. The van der Waals surface area contributed by atoms with E-state index in [0.717, 1.165) is 25.7 Å². The lowest BCUT2D eigenvalue weighted by Crippen LogP contribution is -2.40. The molecule has 1 heterocycles. The van der Waals surface area contributed by atoms with Gasteiger partial charge >= 0.3 is 0 Å². The molecule has 1 unspecified atom stereocenters. The van der Waals surface area contributed by atoms with Crippen LogP contribution in [0.4, 0.5) is 0 Å². The lowest BCUT2D eigenvalue weighted by molar-refractivity contribution is 0.390. The smallest absolute Gasteiger partial charge is 0.218 e. The summed E-state index contributed by atoms with van der Waals surface area (Å²) in [5.41, 5.74) is 0. The van der Waals surface area contributed by atoms with Gasteiger partial charge in [-0.1, -0.05) is 26.7 Å². The van der Waals surface area contributed by atoms with Gasteiger partial charge in [0.2, 0.25) is 10.0 Å². The van der Waals surface area contributed by atoms with E-state index in [1.807, 2.05) is 13.8 Å². The fraction of sp³-hybridized carbons (Fsp3) is 1.00. The molecule has 114 valence electrons. The molecule has 1 saturated heterocycles. The van der Waals surface area contributed by atoms with Crippen molar-refractivity contribution < 1.29 is 16.8 Å². The van der Waals surface area contributed by atoms with Gasteiger partial charge in [0.05, 0.1) is 16.8 Å². The van der Waals surface area contributed by atoms with E-state index in [1.165, 1.54) is 4.31 Å². The molecule has 0 saturated carbocycles. The Bertz CT molecular complexity index is 462. The quantitative estimate of drug-likeness (QED) is 0.679. The first-order chi connectivity index (χ1) is 8.83. The lowest BCUT2D eigenvalue weighted by atomic mass is 10.3. The minimum absolute atomic E-state index is 0.00624. The molecule has 7 heteroatoms. The average molecular weight is 311 g/mol. The highest BCUT2D eigenvalue weighted by molar-refractivity contribution is 7.95. The van der Waals surface area contributed by atoms with Crippen molar-refractivity contribution in [2.75, 3.05) is 24.6 Å². The van der Waals surface area contributed by atoms with Crippen LogP contribution in [0, 0.1) is 0 Å². The summed E-state index contributed by atoms with van der Waals surface area (Å²) in [6.07, 6.45) is 3.76. The zero-order valence-corrected chi connectivity index (χ0v) is 13.5. The first kappa shape index (κ1) is 16.9. The molecule has 0 aromatic rings. The second-order valence-corrected chi connectivity index (χ2v) is 9.62.